The van der Waals surface area contributed by atoms with Crippen molar-refractivity contribution in [3.05, 3.63) is 23.8 Å². The monoisotopic (exact) mass is 192 g/mol. The van der Waals surface area contributed by atoms with Crippen LogP contribution in [0.15, 0.2) is 18.2 Å². The van der Waals surface area contributed by atoms with Gasteiger partial charge in [-0.1, -0.05) is 0 Å². The van der Waals surface area contributed by atoms with Gasteiger partial charge in [-0.25, -0.2) is 0 Å². The summed E-state index contributed by atoms with van der Waals surface area (Å²) >= 11 is 0. The average Bonchev–Trinajstić information content (AvgIpc) is 2.21. The summed E-state index contributed by atoms with van der Waals surface area (Å²) in [4.78, 5) is 0. The van der Waals surface area contributed by atoms with Gasteiger partial charge in [0, 0.05) is 19.1 Å². The van der Waals surface area contributed by atoms with Gasteiger partial charge < -0.3 is 15.6 Å². The van der Waals surface area contributed by atoms with Crippen LogP contribution in [0.2, 0.25) is 0 Å². The van der Waals surface area contributed by atoms with E-state index in [2.05, 4.69) is 0 Å². The Hall–Kier alpha value is -1.73. The second-order valence-electron chi connectivity index (χ2n) is 2.79. The van der Waals surface area contributed by atoms with Crippen molar-refractivity contribution < 1.29 is 9.84 Å². The first-order chi connectivity index (χ1) is 6.77. The van der Waals surface area contributed by atoms with Crippen LogP contribution in [-0.4, -0.2) is 18.3 Å². The first-order valence-electron chi connectivity index (χ1n) is 4.31. The van der Waals surface area contributed by atoms with Crippen LogP contribution in [-0.2, 0) is 0 Å². The van der Waals surface area contributed by atoms with Crippen LogP contribution in [0.4, 0.5) is 5.69 Å². The molecule has 0 aliphatic heterocycles. The van der Waals surface area contributed by atoms with E-state index in [4.69, 9.17) is 20.8 Å². The molecule has 0 heterocycles. The van der Waals surface area contributed by atoms with E-state index >= 15 is 0 Å². The number of nitrogens with zero attached hydrogens (tertiary/aromatic N) is 1. The highest BCUT2D eigenvalue weighted by Gasteiger charge is 2.01. The largest absolute Gasteiger partial charge is 0.491 e. The van der Waals surface area contributed by atoms with E-state index in [1.807, 2.05) is 6.07 Å². The summed E-state index contributed by atoms with van der Waals surface area (Å²) in [5.41, 5.74) is 6.64. The zero-order valence-corrected chi connectivity index (χ0v) is 7.73. The highest BCUT2D eigenvalue weighted by molar-refractivity contribution is 5.55. The molecule has 1 aromatic carbocycles. The molecule has 14 heavy (non-hydrogen) atoms. The molecule has 0 aliphatic carbocycles. The first-order valence-corrected chi connectivity index (χ1v) is 4.31. The number of hydrogen-bond acceptors (Lipinski definition) is 4. The maximum Gasteiger partial charge on any atom is 0.143 e. The summed E-state index contributed by atoms with van der Waals surface area (Å²) in [6.45, 7) is 0.480. The maximum absolute atomic E-state index is 8.64. The molecule has 1 aromatic rings. The van der Waals surface area contributed by atoms with Crippen LogP contribution in [0, 0.1) is 11.3 Å². The molecule has 0 bridgehead atoms. The second-order valence-corrected chi connectivity index (χ2v) is 2.79. The number of anilines is 1. The lowest BCUT2D eigenvalue weighted by Gasteiger charge is -2.07. The molecule has 0 unspecified atom stereocenters. The molecule has 1 rings (SSSR count). The fourth-order valence-electron chi connectivity index (χ4n) is 0.976. The molecule has 74 valence electrons. The summed E-state index contributed by atoms with van der Waals surface area (Å²) in [7, 11) is 0. The predicted octanol–water partition coefficient (Wildman–Crippen LogP) is 0.902. The molecular weight excluding hydrogens is 180 g/mol. The van der Waals surface area contributed by atoms with E-state index in [-0.39, 0.29) is 6.61 Å². The molecule has 4 nitrogen and oxygen atoms in total. The number of aliphatic hydroxyl groups is 1. The Morgan fingerprint density at radius 1 is 1.50 bits per heavy atom. The summed E-state index contributed by atoms with van der Waals surface area (Å²) in [6.07, 6.45) is 0.552. The molecule has 0 aromatic heterocycles. The molecule has 0 fully saturated rings. The van der Waals surface area contributed by atoms with Gasteiger partial charge in [-0.15, -0.1) is 0 Å². The molecule has 0 radical (unpaired) electrons. The quantitative estimate of drug-likeness (QED) is 0.548. The molecule has 0 aliphatic rings. The Kier molecular flexibility index (Phi) is 3.77. The first kappa shape index (κ1) is 10.4. The maximum atomic E-state index is 8.64. The van der Waals surface area contributed by atoms with Crippen molar-refractivity contribution in [3.8, 4) is 11.8 Å². The lowest BCUT2D eigenvalue weighted by Crippen LogP contribution is -2.02. The minimum atomic E-state index is 0.0812. The van der Waals surface area contributed by atoms with Gasteiger partial charge in [0.2, 0.25) is 0 Å². The second kappa shape index (κ2) is 5.10. The standard InChI is InChI=1S/C10H12N2O2/c11-7-8-2-3-9(12)10(6-8)14-5-1-4-13/h2-3,6,13H,1,4-5,12H2. The number of aliphatic hydroxyl groups excluding tert-OH is 1. The number of nitrogens with two attached hydrogens (primary N) is 1. The van der Waals surface area contributed by atoms with E-state index in [0.29, 0.717) is 30.0 Å². The molecule has 0 saturated carbocycles. The molecular formula is C10H12N2O2. The van der Waals surface area contributed by atoms with Gasteiger partial charge in [0.1, 0.15) is 5.75 Å². The number of rotatable bonds is 4. The molecule has 3 N–H and O–H groups in total. The average molecular weight is 192 g/mol. The molecule has 4 heteroatoms. The summed E-state index contributed by atoms with van der Waals surface area (Å²) in [5.74, 6) is 0.498. The molecule has 0 spiro atoms. The van der Waals surface area contributed by atoms with E-state index < -0.39 is 0 Å². The van der Waals surface area contributed by atoms with Crippen molar-refractivity contribution in [2.24, 2.45) is 0 Å². The van der Waals surface area contributed by atoms with Crippen molar-refractivity contribution in [1.82, 2.24) is 0 Å². The van der Waals surface area contributed by atoms with E-state index in [0.717, 1.165) is 0 Å². The van der Waals surface area contributed by atoms with Gasteiger partial charge in [0.25, 0.3) is 0 Å². The van der Waals surface area contributed by atoms with Crippen molar-refractivity contribution in [1.29, 1.82) is 5.26 Å². The number of hydrogen-bond donors (Lipinski definition) is 2. The zero-order valence-electron chi connectivity index (χ0n) is 7.73. The number of benzene rings is 1. The Balaban J connectivity index is 2.70. The fraction of sp³-hybridized carbons (Fsp3) is 0.300. The van der Waals surface area contributed by atoms with Crippen LogP contribution in [0.1, 0.15) is 12.0 Å². The molecule has 0 atom stereocenters. The van der Waals surface area contributed by atoms with Crippen LogP contribution in [0.5, 0.6) is 5.75 Å². The number of ether oxygens (including phenoxy) is 1. The minimum absolute atomic E-state index is 0.0812. The number of nitrogen functional groups attached to an aromatic ring is 1. The third-order valence-electron chi connectivity index (χ3n) is 1.70. The summed E-state index contributed by atoms with van der Waals surface area (Å²) < 4.78 is 5.28. The Morgan fingerprint density at radius 3 is 2.93 bits per heavy atom. The highest BCUT2D eigenvalue weighted by Crippen LogP contribution is 2.22. The fourth-order valence-corrected chi connectivity index (χ4v) is 0.976. The smallest absolute Gasteiger partial charge is 0.143 e. The van der Waals surface area contributed by atoms with Gasteiger partial charge in [-0.05, 0) is 12.1 Å². The van der Waals surface area contributed by atoms with Crippen LogP contribution in [0.25, 0.3) is 0 Å². The molecule has 0 saturated heterocycles. The highest BCUT2D eigenvalue weighted by atomic mass is 16.5. The summed E-state index contributed by atoms with van der Waals surface area (Å²) in [5, 5.41) is 17.2. The van der Waals surface area contributed by atoms with Crippen LogP contribution in [0.3, 0.4) is 0 Å². The van der Waals surface area contributed by atoms with Crippen molar-refractivity contribution >= 4 is 5.69 Å². The lowest BCUT2D eigenvalue weighted by molar-refractivity contribution is 0.234. The number of nitriles is 1. The van der Waals surface area contributed by atoms with Crippen LogP contribution < -0.4 is 10.5 Å². The zero-order chi connectivity index (χ0) is 10.4. The van der Waals surface area contributed by atoms with Crippen molar-refractivity contribution in [2.75, 3.05) is 18.9 Å². The third kappa shape index (κ3) is 2.64. The van der Waals surface area contributed by atoms with Gasteiger partial charge in [0.05, 0.1) is 23.9 Å². The third-order valence-corrected chi connectivity index (χ3v) is 1.70. The van der Waals surface area contributed by atoms with Gasteiger partial charge >= 0.3 is 0 Å². The Bertz CT molecular complexity index is 344. The van der Waals surface area contributed by atoms with E-state index in [1.54, 1.807) is 18.2 Å². The van der Waals surface area contributed by atoms with Crippen molar-refractivity contribution in [2.45, 2.75) is 6.42 Å². The minimum Gasteiger partial charge on any atom is -0.491 e. The van der Waals surface area contributed by atoms with Crippen molar-refractivity contribution in [3.63, 3.8) is 0 Å². The topological polar surface area (TPSA) is 79.3 Å². The van der Waals surface area contributed by atoms with Gasteiger partial charge in [-0.3, -0.25) is 0 Å². The Morgan fingerprint density at radius 2 is 2.29 bits per heavy atom. The van der Waals surface area contributed by atoms with Gasteiger partial charge in [-0.2, -0.15) is 5.26 Å². The van der Waals surface area contributed by atoms with Crippen LogP contribution >= 0.6 is 0 Å². The predicted molar refractivity (Wildman–Crippen MR) is 52.8 cm³/mol. The Labute approximate surface area is 82.5 Å². The van der Waals surface area contributed by atoms with E-state index in [9.17, 15) is 0 Å². The SMILES string of the molecule is N#Cc1ccc(N)c(OCCCO)c1. The lowest BCUT2D eigenvalue weighted by atomic mass is 10.2. The normalized spacial score (nSPS) is 9.43. The van der Waals surface area contributed by atoms with Gasteiger partial charge in [0.15, 0.2) is 0 Å². The molecule has 0 amide bonds. The summed E-state index contributed by atoms with van der Waals surface area (Å²) in [6, 6.07) is 6.85. The van der Waals surface area contributed by atoms with E-state index in [1.165, 1.54) is 0 Å².